The summed E-state index contributed by atoms with van der Waals surface area (Å²) in [6.45, 7) is 7.70. The molecule has 0 unspecified atom stereocenters. The Morgan fingerprint density at radius 2 is 1.85 bits per heavy atom. The molecule has 7 nitrogen and oxygen atoms in total. The van der Waals surface area contributed by atoms with Crippen molar-refractivity contribution in [1.82, 2.24) is 20.0 Å². The number of ether oxygens (including phenoxy) is 1. The number of benzene rings is 1. The molecule has 27 heavy (non-hydrogen) atoms. The number of hydrogen-bond acceptors (Lipinski definition) is 5. The lowest BCUT2D eigenvalue weighted by Crippen LogP contribution is -2.17. The van der Waals surface area contributed by atoms with Crippen molar-refractivity contribution in [3.63, 3.8) is 0 Å². The van der Waals surface area contributed by atoms with Crippen LogP contribution in [0.5, 0.6) is 5.88 Å². The van der Waals surface area contributed by atoms with E-state index in [9.17, 15) is 4.79 Å². The van der Waals surface area contributed by atoms with Crippen LogP contribution in [0.2, 0.25) is 0 Å². The largest absolute Gasteiger partial charge is 0.474 e. The Labute approximate surface area is 158 Å². The van der Waals surface area contributed by atoms with Crippen molar-refractivity contribution in [2.24, 2.45) is 0 Å². The predicted octanol–water partition coefficient (Wildman–Crippen LogP) is 3.25. The van der Waals surface area contributed by atoms with Crippen LogP contribution in [0.4, 0.5) is 5.82 Å². The van der Waals surface area contributed by atoms with E-state index in [1.807, 2.05) is 62.7 Å². The van der Waals surface area contributed by atoms with Crippen molar-refractivity contribution in [3.05, 3.63) is 59.4 Å². The molecule has 0 saturated carbocycles. The normalized spacial score (nSPS) is 10.9. The van der Waals surface area contributed by atoms with Crippen LogP contribution in [0.3, 0.4) is 0 Å². The van der Waals surface area contributed by atoms with Crippen molar-refractivity contribution in [2.75, 3.05) is 5.32 Å². The van der Waals surface area contributed by atoms with Crippen LogP contribution in [0.1, 0.15) is 30.8 Å². The Morgan fingerprint density at radius 1 is 1.11 bits per heavy atom. The lowest BCUT2D eigenvalue weighted by Gasteiger charge is -2.09. The second-order valence-electron chi connectivity index (χ2n) is 6.55. The quantitative estimate of drug-likeness (QED) is 0.725. The molecule has 0 aliphatic heterocycles. The Hall–Kier alpha value is -3.22. The first kappa shape index (κ1) is 18.6. The summed E-state index contributed by atoms with van der Waals surface area (Å²) in [4.78, 5) is 12.4. The van der Waals surface area contributed by atoms with Crippen molar-refractivity contribution in [2.45, 2.75) is 40.2 Å². The van der Waals surface area contributed by atoms with Crippen LogP contribution in [0.25, 0.3) is 5.69 Å². The Bertz CT molecular complexity index is 918. The fourth-order valence-corrected chi connectivity index (χ4v) is 2.79. The van der Waals surface area contributed by atoms with Crippen molar-refractivity contribution >= 4 is 11.7 Å². The van der Waals surface area contributed by atoms with Gasteiger partial charge in [-0.25, -0.2) is 4.68 Å². The second-order valence-corrected chi connectivity index (χ2v) is 6.55. The number of aromatic nitrogens is 4. The summed E-state index contributed by atoms with van der Waals surface area (Å²) in [5.41, 5.74) is 3.65. The standard InChI is InChI=1S/C20H23N5O2/c1-13(2)27-20-11-10-18(22-23-20)21-19(26)12-17-14(3)24-25(15(17)4)16-8-6-5-7-9-16/h5-11,13H,12H2,1-4H3,(H,21,22,26). The number of anilines is 1. The summed E-state index contributed by atoms with van der Waals surface area (Å²) >= 11 is 0. The zero-order valence-electron chi connectivity index (χ0n) is 15.9. The topological polar surface area (TPSA) is 81.9 Å². The van der Waals surface area contributed by atoms with Crippen LogP contribution >= 0.6 is 0 Å². The Morgan fingerprint density at radius 3 is 2.48 bits per heavy atom. The highest BCUT2D eigenvalue weighted by Gasteiger charge is 2.16. The molecule has 1 aromatic carbocycles. The van der Waals surface area contributed by atoms with E-state index in [0.29, 0.717) is 11.7 Å². The third-order valence-corrected chi connectivity index (χ3v) is 4.04. The molecular weight excluding hydrogens is 342 g/mol. The highest BCUT2D eigenvalue weighted by molar-refractivity contribution is 5.91. The molecule has 0 atom stereocenters. The van der Waals surface area contributed by atoms with E-state index in [2.05, 4.69) is 20.6 Å². The molecule has 1 amide bonds. The number of nitrogens with one attached hydrogen (secondary N) is 1. The molecule has 3 rings (SSSR count). The van der Waals surface area contributed by atoms with Gasteiger partial charge in [-0.1, -0.05) is 18.2 Å². The van der Waals surface area contributed by atoms with Crippen LogP contribution in [-0.2, 0) is 11.2 Å². The molecule has 0 fully saturated rings. The molecular formula is C20H23N5O2. The number of aryl methyl sites for hydroxylation is 1. The van der Waals surface area contributed by atoms with Crippen molar-refractivity contribution in [1.29, 1.82) is 0 Å². The summed E-state index contributed by atoms with van der Waals surface area (Å²) in [5.74, 6) is 0.654. The van der Waals surface area contributed by atoms with Gasteiger partial charge in [0.15, 0.2) is 5.82 Å². The van der Waals surface area contributed by atoms with Gasteiger partial charge >= 0.3 is 0 Å². The summed E-state index contributed by atoms with van der Waals surface area (Å²) < 4.78 is 7.31. The number of hydrogen-bond donors (Lipinski definition) is 1. The number of amides is 1. The zero-order chi connectivity index (χ0) is 19.4. The number of rotatable bonds is 6. The highest BCUT2D eigenvalue weighted by atomic mass is 16.5. The predicted molar refractivity (Wildman–Crippen MR) is 103 cm³/mol. The van der Waals surface area contributed by atoms with E-state index in [4.69, 9.17) is 4.74 Å². The number of para-hydroxylation sites is 1. The van der Waals surface area contributed by atoms with Gasteiger partial charge in [-0.15, -0.1) is 10.2 Å². The van der Waals surface area contributed by atoms with Crippen LogP contribution in [-0.4, -0.2) is 32.0 Å². The number of carbonyl (C=O) groups is 1. The minimum absolute atomic E-state index is 0.0202. The third-order valence-electron chi connectivity index (χ3n) is 4.04. The molecule has 0 saturated heterocycles. The first-order chi connectivity index (χ1) is 12.9. The number of nitrogens with zero attached hydrogens (tertiary/aromatic N) is 4. The van der Waals surface area contributed by atoms with E-state index in [-0.39, 0.29) is 18.4 Å². The zero-order valence-corrected chi connectivity index (χ0v) is 15.9. The summed E-state index contributed by atoms with van der Waals surface area (Å²) in [7, 11) is 0. The maximum absolute atomic E-state index is 12.4. The molecule has 7 heteroatoms. The van der Waals surface area contributed by atoms with E-state index in [1.165, 1.54) is 0 Å². The third kappa shape index (κ3) is 4.49. The van der Waals surface area contributed by atoms with E-state index in [0.717, 1.165) is 22.6 Å². The summed E-state index contributed by atoms with van der Waals surface area (Å²) in [6, 6.07) is 13.2. The molecule has 2 heterocycles. The lowest BCUT2D eigenvalue weighted by atomic mass is 10.1. The lowest BCUT2D eigenvalue weighted by molar-refractivity contribution is -0.115. The molecule has 0 radical (unpaired) electrons. The first-order valence-electron chi connectivity index (χ1n) is 8.85. The van der Waals surface area contributed by atoms with Gasteiger partial charge in [0, 0.05) is 17.3 Å². The first-order valence-corrected chi connectivity index (χ1v) is 8.85. The van der Waals surface area contributed by atoms with Crippen molar-refractivity contribution < 1.29 is 9.53 Å². The average molecular weight is 365 g/mol. The van der Waals surface area contributed by atoms with Gasteiger partial charge < -0.3 is 10.1 Å². The smallest absolute Gasteiger partial charge is 0.233 e. The second kappa shape index (κ2) is 7.99. The molecule has 0 aliphatic carbocycles. The molecule has 0 bridgehead atoms. The monoisotopic (exact) mass is 365 g/mol. The van der Waals surface area contributed by atoms with Gasteiger partial charge in [0.2, 0.25) is 11.8 Å². The molecule has 0 aliphatic rings. The fourth-order valence-electron chi connectivity index (χ4n) is 2.79. The molecule has 2 aromatic heterocycles. The van der Waals surface area contributed by atoms with Gasteiger partial charge in [-0.3, -0.25) is 4.79 Å². The minimum atomic E-state index is -0.166. The Kier molecular flexibility index (Phi) is 5.49. The van der Waals surface area contributed by atoms with E-state index >= 15 is 0 Å². The maximum atomic E-state index is 12.4. The minimum Gasteiger partial charge on any atom is -0.474 e. The number of carbonyl (C=O) groups excluding carboxylic acids is 1. The molecule has 1 N–H and O–H groups in total. The van der Waals surface area contributed by atoms with Crippen LogP contribution in [0, 0.1) is 13.8 Å². The van der Waals surface area contributed by atoms with Gasteiger partial charge in [0.1, 0.15) is 0 Å². The average Bonchev–Trinajstić information content (AvgIpc) is 2.92. The fraction of sp³-hybridized carbons (Fsp3) is 0.300. The van der Waals surface area contributed by atoms with E-state index in [1.54, 1.807) is 12.1 Å². The summed E-state index contributed by atoms with van der Waals surface area (Å²) in [5, 5.41) is 15.3. The highest BCUT2D eigenvalue weighted by Crippen LogP contribution is 2.19. The van der Waals surface area contributed by atoms with Crippen LogP contribution < -0.4 is 10.1 Å². The molecule has 0 spiro atoms. The SMILES string of the molecule is Cc1nn(-c2ccccc2)c(C)c1CC(=O)Nc1ccc(OC(C)C)nn1. The van der Waals surface area contributed by atoms with Crippen molar-refractivity contribution in [3.8, 4) is 11.6 Å². The molecule has 3 aromatic rings. The molecule has 140 valence electrons. The Balaban J connectivity index is 1.70. The van der Waals surface area contributed by atoms with Gasteiger partial charge in [-0.05, 0) is 45.9 Å². The van der Waals surface area contributed by atoms with Gasteiger partial charge in [-0.2, -0.15) is 5.10 Å². The maximum Gasteiger partial charge on any atom is 0.233 e. The van der Waals surface area contributed by atoms with Crippen LogP contribution in [0.15, 0.2) is 42.5 Å². The summed E-state index contributed by atoms with van der Waals surface area (Å²) in [6.07, 6.45) is 0.239. The van der Waals surface area contributed by atoms with Gasteiger partial charge in [0.25, 0.3) is 0 Å². The van der Waals surface area contributed by atoms with E-state index < -0.39 is 0 Å². The van der Waals surface area contributed by atoms with Gasteiger partial charge in [0.05, 0.1) is 23.9 Å².